The van der Waals surface area contributed by atoms with E-state index in [9.17, 15) is 19.2 Å². The number of benzene rings is 2. The predicted octanol–water partition coefficient (Wildman–Crippen LogP) is 3.92. The van der Waals surface area contributed by atoms with E-state index < -0.39 is 23.2 Å². The van der Waals surface area contributed by atoms with Crippen LogP contribution in [0, 0.1) is 0 Å². The van der Waals surface area contributed by atoms with Crippen LogP contribution in [0.2, 0.25) is 0 Å². The highest BCUT2D eigenvalue weighted by Crippen LogP contribution is 2.27. The van der Waals surface area contributed by atoms with Crippen molar-refractivity contribution in [3.63, 3.8) is 0 Å². The molecule has 0 unspecified atom stereocenters. The van der Waals surface area contributed by atoms with E-state index >= 15 is 0 Å². The molecule has 4 aromatic rings. The van der Waals surface area contributed by atoms with Crippen LogP contribution >= 0.6 is 0 Å². The number of carbonyl (C=O) groups is 2. The topological polar surface area (TPSA) is 113 Å². The summed E-state index contributed by atoms with van der Waals surface area (Å²) in [5, 5.41) is 1.08. The molecule has 0 N–H and O–H groups in total. The second kappa shape index (κ2) is 8.50. The molecule has 32 heavy (non-hydrogen) atoms. The molecule has 0 radical (unpaired) electrons. The Labute approximate surface area is 181 Å². The van der Waals surface area contributed by atoms with Crippen molar-refractivity contribution in [3.8, 4) is 11.1 Å². The van der Waals surface area contributed by atoms with Gasteiger partial charge >= 0.3 is 23.2 Å². The molecule has 0 aliphatic carbocycles. The lowest BCUT2D eigenvalue weighted by Gasteiger charge is -2.07. The van der Waals surface area contributed by atoms with Gasteiger partial charge in [-0.05, 0) is 61.4 Å². The first-order valence-electron chi connectivity index (χ1n) is 9.91. The van der Waals surface area contributed by atoms with E-state index in [1.165, 1.54) is 12.1 Å². The fourth-order valence-corrected chi connectivity index (χ4v) is 3.31. The summed E-state index contributed by atoms with van der Waals surface area (Å²) in [4.78, 5) is 48.2. The van der Waals surface area contributed by atoms with Crippen molar-refractivity contribution in [2.45, 2.75) is 13.8 Å². The highest BCUT2D eigenvalue weighted by atomic mass is 16.5. The molecule has 0 saturated carbocycles. The van der Waals surface area contributed by atoms with Gasteiger partial charge in [0.25, 0.3) is 0 Å². The summed E-state index contributed by atoms with van der Waals surface area (Å²) in [6.07, 6.45) is 0. The van der Waals surface area contributed by atoms with Crippen LogP contribution in [0.5, 0.6) is 0 Å². The summed E-state index contributed by atoms with van der Waals surface area (Å²) in [7, 11) is 0. The van der Waals surface area contributed by atoms with Gasteiger partial charge in [0.15, 0.2) is 0 Å². The lowest BCUT2D eigenvalue weighted by Crippen LogP contribution is -2.16. The molecule has 2 heterocycles. The van der Waals surface area contributed by atoms with Crippen molar-refractivity contribution in [1.29, 1.82) is 0 Å². The first-order valence-corrected chi connectivity index (χ1v) is 9.91. The van der Waals surface area contributed by atoms with Crippen LogP contribution in [-0.2, 0) is 9.47 Å². The number of hydrogen-bond donors (Lipinski definition) is 0. The van der Waals surface area contributed by atoms with Gasteiger partial charge in [-0.15, -0.1) is 0 Å². The first kappa shape index (κ1) is 21.0. The van der Waals surface area contributed by atoms with Crippen LogP contribution in [0.3, 0.4) is 0 Å². The minimum atomic E-state index is -0.768. The molecule has 8 nitrogen and oxygen atoms in total. The quantitative estimate of drug-likeness (QED) is 0.343. The van der Waals surface area contributed by atoms with Gasteiger partial charge in [0.2, 0.25) is 0 Å². The maximum atomic E-state index is 12.1. The summed E-state index contributed by atoms with van der Waals surface area (Å²) in [6, 6.07) is 13.1. The Morgan fingerprint density at radius 2 is 1.09 bits per heavy atom. The Balaban J connectivity index is 1.81. The van der Waals surface area contributed by atoms with E-state index in [2.05, 4.69) is 0 Å². The van der Waals surface area contributed by atoms with Gasteiger partial charge in [0, 0.05) is 10.8 Å². The van der Waals surface area contributed by atoms with Crippen LogP contribution in [0.25, 0.3) is 33.1 Å². The maximum absolute atomic E-state index is 12.1. The van der Waals surface area contributed by atoms with Gasteiger partial charge in [0.05, 0.1) is 13.2 Å². The Bertz CT molecular complexity index is 1360. The fourth-order valence-electron chi connectivity index (χ4n) is 3.31. The molecule has 162 valence electrons. The van der Waals surface area contributed by atoms with E-state index in [4.69, 9.17) is 18.3 Å². The lowest BCUT2D eigenvalue weighted by molar-refractivity contribution is 0.0512. The monoisotopic (exact) mass is 434 g/mol. The first-order chi connectivity index (χ1) is 15.4. The average Bonchev–Trinajstić information content (AvgIpc) is 2.78. The van der Waals surface area contributed by atoms with E-state index in [1.807, 2.05) is 0 Å². The van der Waals surface area contributed by atoms with Gasteiger partial charge in [-0.25, -0.2) is 19.2 Å². The van der Waals surface area contributed by atoms with Crippen molar-refractivity contribution in [2.75, 3.05) is 13.2 Å². The standard InChI is InChI=1S/C24H18O8/c1-3-29-21(25)17-11-15-9-13(5-7-19(15)31-23(17)27)14-6-8-20-16(10-14)12-18(24(28)32-20)22(26)30-4-2/h5-12H,3-4H2,1-2H3. The number of ether oxygens (including phenoxy) is 2. The molecule has 0 spiro atoms. The Kier molecular flexibility index (Phi) is 5.59. The molecule has 0 amide bonds. The summed E-state index contributed by atoms with van der Waals surface area (Å²) in [6.45, 7) is 3.57. The third kappa shape index (κ3) is 3.90. The Morgan fingerprint density at radius 1 is 0.688 bits per heavy atom. The zero-order valence-electron chi connectivity index (χ0n) is 17.3. The van der Waals surface area contributed by atoms with E-state index in [0.717, 1.165) is 11.1 Å². The number of esters is 2. The Hall–Kier alpha value is -4.20. The SMILES string of the molecule is CCOC(=O)c1cc2cc(-c3ccc4oc(=O)c(C(=O)OCC)cc4c3)ccc2oc1=O. The molecule has 0 fully saturated rings. The smallest absolute Gasteiger partial charge is 0.351 e. The molecule has 2 aromatic carbocycles. The van der Waals surface area contributed by atoms with Gasteiger partial charge in [-0.3, -0.25) is 0 Å². The molecular weight excluding hydrogens is 416 g/mol. The van der Waals surface area contributed by atoms with Crippen molar-refractivity contribution >= 4 is 33.9 Å². The van der Waals surface area contributed by atoms with Crippen LogP contribution in [0.4, 0.5) is 0 Å². The average molecular weight is 434 g/mol. The van der Waals surface area contributed by atoms with E-state index in [-0.39, 0.29) is 24.3 Å². The van der Waals surface area contributed by atoms with E-state index in [0.29, 0.717) is 21.9 Å². The number of rotatable bonds is 5. The third-order valence-corrected chi connectivity index (χ3v) is 4.79. The molecular formula is C24H18O8. The van der Waals surface area contributed by atoms with Crippen molar-refractivity contribution in [1.82, 2.24) is 0 Å². The summed E-state index contributed by atoms with van der Waals surface area (Å²) >= 11 is 0. The normalized spacial score (nSPS) is 10.9. The van der Waals surface area contributed by atoms with Crippen LogP contribution in [-0.4, -0.2) is 25.2 Å². The number of carbonyl (C=O) groups excluding carboxylic acids is 2. The summed E-state index contributed by atoms with van der Waals surface area (Å²) in [5.41, 5.74) is 0.254. The fraction of sp³-hybridized carbons (Fsp3) is 0.167. The van der Waals surface area contributed by atoms with Crippen LogP contribution in [0.15, 0.2) is 67.0 Å². The van der Waals surface area contributed by atoms with Crippen molar-refractivity contribution in [3.05, 3.63) is 80.5 Å². The second-order valence-corrected chi connectivity index (χ2v) is 6.84. The molecule has 4 rings (SSSR count). The number of fused-ring (bicyclic) bond motifs is 2. The zero-order chi connectivity index (χ0) is 22.8. The summed E-state index contributed by atoms with van der Waals surface area (Å²) in [5.74, 6) is -1.50. The molecule has 0 saturated heterocycles. The van der Waals surface area contributed by atoms with Gasteiger partial charge < -0.3 is 18.3 Å². The van der Waals surface area contributed by atoms with Crippen molar-refractivity contribution in [2.24, 2.45) is 0 Å². The maximum Gasteiger partial charge on any atom is 0.351 e. The molecule has 0 atom stereocenters. The van der Waals surface area contributed by atoms with Crippen molar-refractivity contribution < 1.29 is 27.9 Å². The van der Waals surface area contributed by atoms with E-state index in [1.54, 1.807) is 50.2 Å². The second-order valence-electron chi connectivity index (χ2n) is 6.84. The lowest BCUT2D eigenvalue weighted by atomic mass is 10.0. The summed E-state index contributed by atoms with van der Waals surface area (Å²) < 4.78 is 20.3. The van der Waals surface area contributed by atoms with Gasteiger partial charge in [-0.1, -0.05) is 12.1 Å². The zero-order valence-corrected chi connectivity index (χ0v) is 17.3. The van der Waals surface area contributed by atoms with Gasteiger partial charge in [0.1, 0.15) is 22.3 Å². The Morgan fingerprint density at radius 3 is 1.47 bits per heavy atom. The van der Waals surface area contributed by atoms with Crippen LogP contribution < -0.4 is 11.3 Å². The highest BCUT2D eigenvalue weighted by Gasteiger charge is 2.17. The largest absolute Gasteiger partial charge is 0.462 e. The third-order valence-electron chi connectivity index (χ3n) is 4.79. The molecule has 0 aliphatic rings. The minimum Gasteiger partial charge on any atom is -0.462 e. The minimum absolute atomic E-state index is 0.136. The highest BCUT2D eigenvalue weighted by molar-refractivity contribution is 5.96. The molecule has 2 aromatic heterocycles. The van der Waals surface area contributed by atoms with Gasteiger partial charge in [-0.2, -0.15) is 0 Å². The number of hydrogen-bond acceptors (Lipinski definition) is 8. The van der Waals surface area contributed by atoms with Crippen LogP contribution in [0.1, 0.15) is 34.6 Å². The molecule has 8 heteroatoms. The predicted molar refractivity (Wildman–Crippen MR) is 116 cm³/mol. The molecule has 0 bridgehead atoms. The molecule has 0 aliphatic heterocycles.